The van der Waals surface area contributed by atoms with Gasteiger partial charge in [-0.1, -0.05) is 13.8 Å². The predicted molar refractivity (Wildman–Crippen MR) is 145 cm³/mol. The number of hydrogen-bond acceptors (Lipinski definition) is 9. The van der Waals surface area contributed by atoms with Crippen LogP contribution in [0.25, 0.3) is 5.76 Å². The van der Waals surface area contributed by atoms with Crippen LogP contribution in [-0.4, -0.2) is 87.3 Å². The van der Waals surface area contributed by atoms with E-state index in [9.17, 15) is 14.7 Å². The third-order valence-corrected chi connectivity index (χ3v) is 7.13. The highest BCUT2D eigenvalue weighted by Gasteiger charge is 2.46. The van der Waals surface area contributed by atoms with Gasteiger partial charge in [-0.3, -0.25) is 9.59 Å². The Kier molecular flexibility index (Phi) is 8.86. The number of likely N-dealkylation sites (tertiary alicyclic amines) is 1. The van der Waals surface area contributed by atoms with Gasteiger partial charge < -0.3 is 38.6 Å². The van der Waals surface area contributed by atoms with Gasteiger partial charge in [-0.15, -0.1) is 0 Å². The van der Waals surface area contributed by atoms with Gasteiger partial charge in [0.25, 0.3) is 11.7 Å². The van der Waals surface area contributed by atoms with E-state index in [2.05, 4.69) is 18.7 Å². The van der Waals surface area contributed by atoms with Gasteiger partial charge in [0.05, 0.1) is 32.9 Å². The number of carbonyl (C=O) groups is 2. The highest BCUT2D eigenvalue weighted by molar-refractivity contribution is 6.46. The van der Waals surface area contributed by atoms with Crippen molar-refractivity contribution in [1.82, 2.24) is 9.80 Å². The molecule has 1 fully saturated rings. The molecule has 2 aromatic rings. The van der Waals surface area contributed by atoms with Crippen molar-refractivity contribution in [3.8, 4) is 28.7 Å². The molecule has 0 aromatic heterocycles. The van der Waals surface area contributed by atoms with Gasteiger partial charge in [0.2, 0.25) is 5.75 Å². The first-order chi connectivity index (χ1) is 18.9. The molecule has 2 aromatic carbocycles. The van der Waals surface area contributed by atoms with E-state index in [-0.39, 0.29) is 11.3 Å². The summed E-state index contributed by atoms with van der Waals surface area (Å²) in [6.07, 6.45) is 0.652. The van der Waals surface area contributed by atoms with E-state index >= 15 is 0 Å². The first-order valence-corrected chi connectivity index (χ1v) is 13.1. The zero-order valence-corrected chi connectivity index (χ0v) is 23.1. The summed E-state index contributed by atoms with van der Waals surface area (Å²) in [5, 5.41) is 11.5. The van der Waals surface area contributed by atoms with E-state index in [1.807, 2.05) is 0 Å². The molecule has 0 radical (unpaired) electrons. The summed E-state index contributed by atoms with van der Waals surface area (Å²) in [7, 11) is 4.50. The molecule has 0 bridgehead atoms. The third-order valence-electron chi connectivity index (χ3n) is 7.13. The number of ether oxygens (including phenoxy) is 5. The summed E-state index contributed by atoms with van der Waals surface area (Å²) in [5.41, 5.74) is 0.872. The van der Waals surface area contributed by atoms with Crippen molar-refractivity contribution in [1.29, 1.82) is 0 Å². The predicted octanol–water partition coefficient (Wildman–Crippen LogP) is 3.64. The lowest BCUT2D eigenvalue weighted by Gasteiger charge is -2.27. The van der Waals surface area contributed by atoms with Crippen LogP contribution in [0.15, 0.2) is 35.9 Å². The van der Waals surface area contributed by atoms with Crippen molar-refractivity contribution in [2.75, 3.05) is 60.7 Å². The zero-order valence-electron chi connectivity index (χ0n) is 23.1. The van der Waals surface area contributed by atoms with Gasteiger partial charge in [-0.05, 0) is 62.0 Å². The molecule has 2 aliphatic rings. The maximum absolute atomic E-state index is 13.5. The number of amides is 1. The summed E-state index contributed by atoms with van der Waals surface area (Å²) < 4.78 is 27.8. The molecule has 2 heterocycles. The molecule has 1 N–H and O–H groups in total. The van der Waals surface area contributed by atoms with Crippen LogP contribution in [0.3, 0.4) is 0 Å². The van der Waals surface area contributed by atoms with E-state index in [4.69, 9.17) is 23.7 Å². The first kappa shape index (κ1) is 28.1. The number of methoxy groups -OCH3 is 3. The molecule has 1 atom stereocenters. The molecule has 210 valence electrons. The van der Waals surface area contributed by atoms with Gasteiger partial charge in [-0.25, -0.2) is 0 Å². The van der Waals surface area contributed by atoms with Crippen LogP contribution in [0.5, 0.6) is 28.7 Å². The second kappa shape index (κ2) is 12.3. The second-order valence-electron chi connectivity index (χ2n) is 9.19. The molecule has 2 aliphatic heterocycles. The minimum atomic E-state index is -0.872. The minimum absolute atomic E-state index is 0.0196. The summed E-state index contributed by atoms with van der Waals surface area (Å²) in [6.45, 7) is 7.82. The molecule has 1 saturated heterocycles. The van der Waals surface area contributed by atoms with Gasteiger partial charge in [-0.2, -0.15) is 0 Å². The lowest BCUT2D eigenvalue weighted by atomic mass is 9.94. The van der Waals surface area contributed by atoms with Crippen LogP contribution in [0.2, 0.25) is 0 Å². The summed E-state index contributed by atoms with van der Waals surface area (Å²) in [4.78, 5) is 30.6. The Morgan fingerprint density at radius 2 is 1.62 bits per heavy atom. The van der Waals surface area contributed by atoms with Crippen LogP contribution in [-0.2, 0) is 9.59 Å². The SMILES string of the molecule is CCN(CC)CCCN1C(=O)C(=O)/C(=C(/O)c2ccc3c(c2)OCCO3)C1c1cc(OC)c(OC)c(OC)c1. The van der Waals surface area contributed by atoms with Crippen LogP contribution < -0.4 is 23.7 Å². The van der Waals surface area contributed by atoms with Gasteiger partial charge in [0, 0.05) is 12.1 Å². The molecule has 10 nitrogen and oxygen atoms in total. The standard InChI is InChI=1S/C29H36N2O8/c1-6-30(7-2)11-8-12-31-25(19-16-22(35-3)28(37-5)23(17-19)36-4)24(27(33)29(31)34)26(32)18-9-10-20-21(15-18)39-14-13-38-20/h9-10,15-17,25,32H,6-8,11-14H2,1-5H3/b26-24+. The van der Waals surface area contributed by atoms with Crippen LogP contribution >= 0.6 is 0 Å². The van der Waals surface area contributed by atoms with Gasteiger partial charge in [0.1, 0.15) is 19.0 Å². The monoisotopic (exact) mass is 540 g/mol. The molecule has 39 heavy (non-hydrogen) atoms. The van der Waals surface area contributed by atoms with E-state index in [0.29, 0.717) is 66.1 Å². The van der Waals surface area contributed by atoms with Crippen molar-refractivity contribution in [2.24, 2.45) is 0 Å². The topological polar surface area (TPSA) is 107 Å². The number of aliphatic hydroxyl groups is 1. The number of hydrogen-bond donors (Lipinski definition) is 1. The average Bonchev–Trinajstić information content (AvgIpc) is 3.22. The Balaban J connectivity index is 1.83. The molecule has 0 saturated carbocycles. The molecule has 1 unspecified atom stereocenters. The average molecular weight is 541 g/mol. The van der Waals surface area contributed by atoms with Crippen molar-refractivity contribution >= 4 is 17.4 Å². The number of rotatable bonds is 11. The van der Waals surface area contributed by atoms with E-state index in [1.54, 1.807) is 30.3 Å². The number of Topliss-reactive ketones (excluding diaryl/α,β-unsaturated/α-hetero) is 1. The van der Waals surface area contributed by atoms with Crippen LogP contribution in [0.1, 0.15) is 37.4 Å². The maximum Gasteiger partial charge on any atom is 0.295 e. The van der Waals surface area contributed by atoms with Crippen LogP contribution in [0, 0.1) is 0 Å². The van der Waals surface area contributed by atoms with Crippen molar-refractivity contribution in [3.05, 3.63) is 47.0 Å². The normalized spacial score (nSPS) is 18.0. The van der Waals surface area contributed by atoms with Gasteiger partial charge >= 0.3 is 0 Å². The summed E-state index contributed by atoms with van der Waals surface area (Å²) >= 11 is 0. The van der Waals surface area contributed by atoms with Crippen molar-refractivity contribution in [3.63, 3.8) is 0 Å². The Bertz CT molecular complexity index is 1230. The Morgan fingerprint density at radius 1 is 0.974 bits per heavy atom. The van der Waals surface area contributed by atoms with Crippen LogP contribution in [0.4, 0.5) is 0 Å². The largest absolute Gasteiger partial charge is 0.507 e. The fourth-order valence-electron chi connectivity index (χ4n) is 5.07. The Labute approximate surface area is 228 Å². The fraction of sp³-hybridized carbons (Fsp3) is 0.448. The van der Waals surface area contributed by atoms with Crippen molar-refractivity contribution < 1.29 is 38.4 Å². The molecule has 0 spiro atoms. The Morgan fingerprint density at radius 3 is 2.21 bits per heavy atom. The van der Waals surface area contributed by atoms with E-state index < -0.39 is 17.7 Å². The molecular formula is C29H36N2O8. The van der Waals surface area contributed by atoms with Gasteiger partial charge in [0.15, 0.2) is 23.0 Å². The third kappa shape index (κ3) is 5.47. The second-order valence-corrected chi connectivity index (χ2v) is 9.19. The highest BCUT2D eigenvalue weighted by atomic mass is 16.6. The van der Waals surface area contributed by atoms with E-state index in [1.165, 1.54) is 26.2 Å². The smallest absolute Gasteiger partial charge is 0.295 e. The molecular weight excluding hydrogens is 504 g/mol. The molecule has 10 heteroatoms. The number of carbonyl (C=O) groups excluding carboxylic acids is 2. The first-order valence-electron chi connectivity index (χ1n) is 13.1. The number of benzene rings is 2. The minimum Gasteiger partial charge on any atom is -0.507 e. The number of nitrogens with zero attached hydrogens (tertiary/aromatic N) is 2. The van der Waals surface area contributed by atoms with E-state index in [0.717, 1.165) is 19.6 Å². The summed E-state index contributed by atoms with van der Waals surface area (Å²) in [5.74, 6) is 0.416. The summed E-state index contributed by atoms with van der Waals surface area (Å²) in [6, 6.07) is 7.47. The number of aliphatic hydroxyl groups excluding tert-OH is 1. The fourth-order valence-corrected chi connectivity index (χ4v) is 5.07. The Hall–Kier alpha value is -3.92. The maximum atomic E-state index is 13.5. The highest BCUT2D eigenvalue weighted by Crippen LogP contribution is 2.46. The lowest BCUT2D eigenvalue weighted by molar-refractivity contribution is -0.140. The quantitative estimate of drug-likeness (QED) is 0.260. The zero-order chi connectivity index (χ0) is 28.1. The molecule has 0 aliphatic carbocycles. The lowest BCUT2D eigenvalue weighted by Crippen LogP contribution is -2.33. The molecule has 4 rings (SSSR count). The van der Waals surface area contributed by atoms with Crippen molar-refractivity contribution in [2.45, 2.75) is 26.3 Å². The number of fused-ring (bicyclic) bond motifs is 1. The number of ketones is 1. The molecule has 1 amide bonds.